The fourth-order valence-corrected chi connectivity index (χ4v) is 4.20. The highest BCUT2D eigenvalue weighted by Crippen LogP contribution is 2.31. The molecule has 7 nitrogen and oxygen atoms in total. The summed E-state index contributed by atoms with van der Waals surface area (Å²) in [5.74, 6) is 0.376. The van der Waals surface area contributed by atoms with E-state index in [1.165, 1.54) is 0 Å². The molecular formula is C24H25N5O2. The fraction of sp³-hybridized carbons (Fsp3) is 0.292. The molecule has 1 aliphatic heterocycles. The number of hydrogen-bond donors (Lipinski definition) is 1. The van der Waals surface area contributed by atoms with E-state index in [0.717, 1.165) is 42.9 Å². The second-order valence-electron chi connectivity index (χ2n) is 7.79. The number of rotatable bonds is 6. The van der Waals surface area contributed by atoms with Crippen molar-refractivity contribution in [3.8, 4) is 17.5 Å². The molecule has 3 aromatic rings. The first kappa shape index (κ1) is 20.6. The monoisotopic (exact) mass is 415 g/mol. The van der Waals surface area contributed by atoms with Crippen LogP contribution >= 0.6 is 0 Å². The summed E-state index contributed by atoms with van der Waals surface area (Å²) < 4.78 is 7.22. The van der Waals surface area contributed by atoms with Gasteiger partial charge in [0.25, 0.3) is 5.91 Å². The van der Waals surface area contributed by atoms with Gasteiger partial charge in [0.1, 0.15) is 5.75 Å². The number of carbonyl (C=O) groups excluding carboxylic acids is 1. The Hall–Kier alpha value is -3.63. The van der Waals surface area contributed by atoms with Crippen LogP contribution in [0.1, 0.15) is 45.9 Å². The molecule has 1 fully saturated rings. The summed E-state index contributed by atoms with van der Waals surface area (Å²) in [5, 5.41) is 13.9. The van der Waals surface area contributed by atoms with Gasteiger partial charge in [0.15, 0.2) is 0 Å². The van der Waals surface area contributed by atoms with Crippen molar-refractivity contribution in [2.45, 2.75) is 25.3 Å². The number of nitrogens with two attached hydrogens (primary N) is 1. The number of para-hydroxylation sites is 1. The van der Waals surface area contributed by atoms with Crippen molar-refractivity contribution >= 4 is 5.91 Å². The maximum Gasteiger partial charge on any atom is 0.252 e. The number of nitrogens with zero attached hydrogens (tertiary/aromatic N) is 4. The average molecular weight is 415 g/mol. The molecule has 0 radical (unpaired) electrons. The maximum atomic E-state index is 12.1. The lowest BCUT2D eigenvalue weighted by Gasteiger charge is -2.32. The predicted molar refractivity (Wildman–Crippen MR) is 117 cm³/mol. The van der Waals surface area contributed by atoms with E-state index in [1.54, 1.807) is 24.1 Å². The quantitative estimate of drug-likeness (QED) is 0.667. The second kappa shape index (κ2) is 9.02. The van der Waals surface area contributed by atoms with Crippen molar-refractivity contribution in [3.05, 3.63) is 77.1 Å². The minimum absolute atomic E-state index is 0.116. The Balaban J connectivity index is 1.57. The number of amides is 1. The number of methoxy groups -OCH3 is 1. The molecule has 1 aromatic heterocycles. The lowest BCUT2D eigenvalue weighted by molar-refractivity contribution is 0.0997. The van der Waals surface area contributed by atoms with Crippen molar-refractivity contribution in [2.24, 2.45) is 5.73 Å². The van der Waals surface area contributed by atoms with E-state index in [-0.39, 0.29) is 5.92 Å². The highest BCUT2D eigenvalue weighted by molar-refractivity contribution is 5.94. The van der Waals surface area contributed by atoms with Crippen LogP contribution in [-0.2, 0) is 6.54 Å². The van der Waals surface area contributed by atoms with Gasteiger partial charge in [-0.3, -0.25) is 9.69 Å². The molecule has 2 heterocycles. The number of ether oxygens (including phenoxy) is 1. The summed E-state index contributed by atoms with van der Waals surface area (Å²) in [5.41, 5.74) is 9.43. The summed E-state index contributed by atoms with van der Waals surface area (Å²) in [6, 6.07) is 17.4. The Kier molecular flexibility index (Phi) is 6.01. The summed E-state index contributed by atoms with van der Waals surface area (Å²) in [6.07, 6.45) is 3.68. The van der Waals surface area contributed by atoms with Crippen LogP contribution in [0, 0.1) is 11.3 Å². The van der Waals surface area contributed by atoms with Gasteiger partial charge in [-0.2, -0.15) is 10.4 Å². The molecule has 0 bridgehead atoms. The largest absolute Gasteiger partial charge is 0.496 e. The summed E-state index contributed by atoms with van der Waals surface area (Å²) in [4.78, 5) is 14.5. The van der Waals surface area contributed by atoms with Crippen LogP contribution < -0.4 is 10.5 Å². The minimum atomic E-state index is -0.455. The molecule has 1 atom stereocenters. The molecule has 1 saturated heterocycles. The standard InChI is InChI=1S/C24H25N5O2/c1-31-22-12-17(13-25)9-10-18(22)14-28-11-5-6-19(15-28)23-21(24(26)30)16-29(27-23)20-7-3-2-4-8-20/h2-4,7-10,12,16,19H,5-6,11,14-15H2,1H3,(H2,26,30). The van der Waals surface area contributed by atoms with Gasteiger partial charge in [0.05, 0.1) is 35.7 Å². The van der Waals surface area contributed by atoms with Crippen molar-refractivity contribution in [3.63, 3.8) is 0 Å². The van der Waals surface area contributed by atoms with Crippen molar-refractivity contribution < 1.29 is 9.53 Å². The molecule has 4 rings (SSSR count). The summed E-state index contributed by atoms with van der Waals surface area (Å²) >= 11 is 0. The van der Waals surface area contributed by atoms with Gasteiger partial charge in [-0.15, -0.1) is 0 Å². The van der Waals surface area contributed by atoms with E-state index < -0.39 is 5.91 Å². The summed E-state index contributed by atoms with van der Waals surface area (Å²) in [7, 11) is 1.62. The zero-order valence-corrected chi connectivity index (χ0v) is 17.5. The van der Waals surface area contributed by atoms with Crippen LogP contribution in [0.4, 0.5) is 0 Å². The predicted octanol–water partition coefficient (Wildman–Crippen LogP) is 3.23. The molecule has 0 saturated carbocycles. The maximum absolute atomic E-state index is 12.1. The zero-order chi connectivity index (χ0) is 21.8. The molecule has 7 heteroatoms. The Morgan fingerprint density at radius 1 is 1.29 bits per heavy atom. The molecule has 2 aromatic carbocycles. The number of aromatic nitrogens is 2. The van der Waals surface area contributed by atoms with Gasteiger partial charge in [-0.05, 0) is 43.7 Å². The first-order chi connectivity index (χ1) is 15.1. The molecule has 158 valence electrons. The van der Waals surface area contributed by atoms with E-state index in [2.05, 4.69) is 11.0 Å². The molecule has 31 heavy (non-hydrogen) atoms. The molecule has 0 aliphatic carbocycles. The van der Waals surface area contributed by atoms with Crippen LogP contribution in [0.2, 0.25) is 0 Å². The number of likely N-dealkylation sites (tertiary alicyclic amines) is 1. The Morgan fingerprint density at radius 2 is 2.10 bits per heavy atom. The Labute approximate surface area is 181 Å². The third-order valence-electron chi connectivity index (χ3n) is 5.73. The SMILES string of the molecule is COc1cc(C#N)ccc1CN1CCCC(c2nn(-c3ccccc3)cc2C(N)=O)C1. The lowest BCUT2D eigenvalue weighted by Crippen LogP contribution is -2.34. The van der Waals surface area contributed by atoms with Gasteiger partial charge >= 0.3 is 0 Å². The van der Waals surface area contributed by atoms with E-state index in [1.807, 2.05) is 42.5 Å². The topological polar surface area (TPSA) is 97.2 Å². The van der Waals surface area contributed by atoms with Crippen molar-refractivity contribution in [1.82, 2.24) is 14.7 Å². The zero-order valence-electron chi connectivity index (χ0n) is 17.5. The number of hydrogen-bond acceptors (Lipinski definition) is 5. The molecular weight excluding hydrogens is 390 g/mol. The molecule has 1 unspecified atom stereocenters. The van der Waals surface area contributed by atoms with Gasteiger partial charge in [-0.25, -0.2) is 4.68 Å². The van der Waals surface area contributed by atoms with Gasteiger partial charge in [-0.1, -0.05) is 24.3 Å². The molecule has 2 N–H and O–H groups in total. The van der Waals surface area contributed by atoms with Gasteiger partial charge in [0, 0.05) is 30.8 Å². The number of benzene rings is 2. The van der Waals surface area contributed by atoms with E-state index in [0.29, 0.717) is 23.4 Å². The number of nitriles is 1. The smallest absolute Gasteiger partial charge is 0.252 e. The van der Waals surface area contributed by atoms with Gasteiger partial charge in [0.2, 0.25) is 0 Å². The van der Waals surface area contributed by atoms with E-state index >= 15 is 0 Å². The van der Waals surface area contributed by atoms with Crippen LogP contribution in [-0.4, -0.2) is 40.8 Å². The average Bonchev–Trinajstić information content (AvgIpc) is 3.26. The first-order valence-corrected chi connectivity index (χ1v) is 10.3. The molecule has 0 spiro atoms. The molecule has 1 amide bonds. The van der Waals surface area contributed by atoms with Crippen LogP contribution in [0.5, 0.6) is 5.75 Å². The summed E-state index contributed by atoms with van der Waals surface area (Å²) in [6.45, 7) is 2.43. The second-order valence-corrected chi connectivity index (χ2v) is 7.79. The number of carbonyl (C=O) groups is 1. The third-order valence-corrected chi connectivity index (χ3v) is 5.73. The third kappa shape index (κ3) is 4.44. The van der Waals surface area contributed by atoms with Crippen molar-refractivity contribution in [1.29, 1.82) is 5.26 Å². The molecule has 1 aliphatic rings. The van der Waals surface area contributed by atoms with Crippen LogP contribution in [0.3, 0.4) is 0 Å². The van der Waals surface area contributed by atoms with Gasteiger partial charge < -0.3 is 10.5 Å². The highest BCUT2D eigenvalue weighted by Gasteiger charge is 2.28. The fourth-order valence-electron chi connectivity index (χ4n) is 4.20. The van der Waals surface area contributed by atoms with E-state index in [9.17, 15) is 4.79 Å². The van der Waals surface area contributed by atoms with Crippen LogP contribution in [0.15, 0.2) is 54.7 Å². The normalized spacial score (nSPS) is 16.6. The lowest BCUT2D eigenvalue weighted by atomic mass is 9.92. The Morgan fingerprint density at radius 3 is 2.81 bits per heavy atom. The number of piperidine rings is 1. The highest BCUT2D eigenvalue weighted by atomic mass is 16.5. The van der Waals surface area contributed by atoms with Crippen LogP contribution in [0.25, 0.3) is 5.69 Å². The minimum Gasteiger partial charge on any atom is -0.496 e. The number of primary amides is 1. The van der Waals surface area contributed by atoms with E-state index in [4.69, 9.17) is 20.8 Å². The van der Waals surface area contributed by atoms with Crippen molar-refractivity contribution in [2.75, 3.05) is 20.2 Å². The first-order valence-electron chi connectivity index (χ1n) is 10.3. The Bertz CT molecular complexity index is 1120.